The van der Waals surface area contributed by atoms with Gasteiger partial charge >= 0.3 is 18.1 Å². The van der Waals surface area contributed by atoms with Crippen molar-refractivity contribution in [1.82, 2.24) is 20.1 Å². The summed E-state index contributed by atoms with van der Waals surface area (Å²) < 4.78 is 65.6. The van der Waals surface area contributed by atoms with Gasteiger partial charge in [-0.25, -0.2) is 4.79 Å². The Bertz CT molecular complexity index is 1330. The topological polar surface area (TPSA) is 59.8 Å². The summed E-state index contributed by atoms with van der Waals surface area (Å²) in [4.78, 5) is 17.4. The number of aryl methyl sites for hydroxylation is 2. The van der Waals surface area contributed by atoms with E-state index >= 15 is 0 Å². The average molecular weight is 448 g/mol. The Labute approximate surface area is 178 Å². The highest BCUT2D eigenvalue weighted by Gasteiger charge is 2.58. The summed E-state index contributed by atoms with van der Waals surface area (Å²) in [5, 5.41) is 8.44. The molecule has 2 aromatic carbocycles. The number of amides is 1. The number of halogens is 5. The van der Waals surface area contributed by atoms with Crippen LogP contribution in [-0.2, 0) is 12.5 Å². The molecule has 10 heteroatoms. The number of pyridine rings is 1. The largest absolute Gasteiger partial charge is 0.458 e. The van der Waals surface area contributed by atoms with Crippen LogP contribution < -0.4 is 5.32 Å². The molecule has 2 heterocycles. The van der Waals surface area contributed by atoms with Crippen molar-refractivity contribution < 1.29 is 26.7 Å². The molecule has 32 heavy (non-hydrogen) atoms. The molecule has 0 atom stereocenters. The summed E-state index contributed by atoms with van der Waals surface area (Å²) in [5.74, 6) is -4.95. The lowest BCUT2D eigenvalue weighted by molar-refractivity contribution is -0.289. The number of nitrogens with zero attached hydrogens (tertiary/aromatic N) is 3. The normalized spacial score (nSPS) is 12.5. The van der Waals surface area contributed by atoms with Crippen molar-refractivity contribution in [3.63, 3.8) is 0 Å². The van der Waals surface area contributed by atoms with Crippen LogP contribution in [0.2, 0.25) is 0 Å². The van der Waals surface area contributed by atoms with Crippen LogP contribution in [0.25, 0.3) is 21.8 Å². The third-order valence-corrected chi connectivity index (χ3v) is 5.18. The number of aromatic nitrogens is 3. The number of carbonyl (C=O) groups excluding carboxylic acids is 1. The first-order chi connectivity index (χ1) is 15.0. The maximum absolute atomic E-state index is 13.4. The fourth-order valence-electron chi connectivity index (χ4n) is 3.61. The van der Waals surface area contributed by atoms with E-state index in [0.717, 1.165) is 28.6 Å². The zero-order valence-electron chi connectivity index (χ0n) is 17.0. The highest BCUT2D eigenvalue weighted by atomic mass is 19.4. The fourth-order valence-corrected chi connectivity index (χ4v) is 3.61. The molecule has 0 aliphatic rings. The van der Waals surface area contributed by atoms with Crippen LogP contribution in [0.15, 0.2) is 48.5 Å². The van der Waals surface area contributed by atoms with Crippen molar-refractivity contribution >= 4 is 27.8 Å². The van der Waals surface area contributed by atoms with E-state index in [1.165, 1.54) is 4.68 Å². The molecule has 0 radical (unpaired) electrons. The lowest BCUT2D eigenvalue weighted by Gasteiger charge is -2.20. The number of alkyl halides is 5. The van der Waals surface area contributed by atoms with Crippen molar-refractivity contribution in [3.05, 3.63) is 71.0 Å². The molecule has 1 amide bonds. The standard InChI is InChI=1S/C22H17F5N4O/c1-12-18-13(2)30-31(19(18)16-5-3-4-6-17(16)29-12)20(32)28-11-14-7-9-15(10-8-14)21(23,24)22(25,26)27/h3-10H,11H2,1-2H3,(H,28,32). The maximum Gasteiger partial charge on any atom is 0.458 e. The first-order valence-electron chi connectivity index (χ1n) is 9.57. The monoisotopic (exact) mass is 448 g/mol. The van der Waals surface area contributed by atoms with Gasteiger partial charge in [0, 0.05) is 28.6 Å². The van der Waals surface area contributed by atoms with Crippen LogP contribution in [0.1, 0.15) is 22.5 Å². The van der Waals surface area contributed by atoms with Crippen LogP contribution >= 0.6 is 0 Å². The van der Waals surface area contributed by atoms with Crippen LogP contribution in [0.4, 0.5) is 26.7 Å². The van der Waals surface area contributed by atoms with Crippen molar-refractivity contribution in [2.75, 3.05) is 0 Å². The minimum Gasteiger partial charge on any atom is -0.332 e. The molecular formula is C22H17F5N4O. The van der Waals surface area contributed by atoms with Gasteiger partial charge in [-0.2, -0.15) is 31.7 Å². The molecule has 4 aromatic rings. The number of nitrogens with one attached hydrogen (secondary N) is 1. The minimum atomic E-state index is -5.68. The molecule has 0 bridgehead atoms. The van der Waals surface area contributed by atoms with E-state index in [-0.39, 0.29) is 6.54 Å². The SMILES string of the molecule is Cc1nc2ccccc2c2c1c(C)nn2C(=O)NCc1ccc(C(F)(F)C(F)(F)F)cc1. The predicted octanol–water partition coefficient (Wildman–Crippen LogP) is 5.61. The zero-order chi connectivity index (χ0) is 23.3. The molecule has 166 valence electrons. The van der Waals surface area contributed by atoms with Gasteiger partial charge in [-0.15, -0.1) is 0 Å². The molecule has 0 fully saturated rings. The van der Waals surface area contributed by atoms with Gasteiger partial charge in [-0.1, -0.05) is 42.5 Å². The Morgan fingerprint density at radius 1 is 0.969 bits per heavy atom. The Morgan fingerprint density at radius 2 is 1.62 bits per heavy atom. The van der Waals surface area contributed by atoms with E-state index < -0.39 is 23.7 Å². The van der Waals surface area contributed by atoms with Gasteiger partial charge in [0.1, 0.15) is 0 Å². The zero-order valence-corrected chi connectivity index (χ0v) is 17.0. The minimum absolute atomic E-state index is 0.0842. The number of fused-ring (bicyclic) bond motifs is 3. The molecule has 0 aliphatic heterocycles. The van der Waals surface area contributed by atoms with Gasteiger partial charge in [0.2, 0.25) is 0 Å². The molecule has 5 nitrogen and oxygen atoms in total. The Morgan fingerprint density at radius 3 is 2.28 bits per heavy atom. The lowest BCUT2D eigenvalue weighted by Crippen LogP contribution is -2.33. The third-order valence-electron chi connectivity index (χ3n) is 5.18. The van der Waals surface area contributed by atoms with E-state index in [9.17, 15) is 26.7 Å². The van der Waals surface area contributed by atoms with Gasteiger partial charge in [-0.05, 0) is 25.5 Å². The summed E-state index contributed by atoms with van der Waals surface area (Å²) in [5.41, 5.74) is 1.82. The van der Waals surface area contributed by atoms with E-state index in [1.54, 1.807) is 6.92 Å². The second-order valence-electron chi connectivity index (χ2n) is 7.36. The van der Waals surface area contributed by atoms with Gasteiger partial charge in [0.05, 0.1) is 16.7 Å². The van der Waals surface area contributed by atoms with Crippen LogP contribution in [0.5, 0.6) is 0 Å². The van der Waals surface area contributed by atoms with Gasteiger partial charge in [0.25, 0.3) is 0 Å². The molecule has 0 spiro atoms. The van der Waals surface area contributed by atoms with Crippen molar-refractivity contribution in [2.45, 2.75) is 32.5 Å². The molecule has 0 saturated carbocycles. The van der Waals surface area contributed by atoms with Crippen molar-refractivity contribution in [1.29, 1.82) is 0 Å². The van der Waals surface area contributed by atoms with Crippen molar-refractivity contribution in [3.8, 4) is 0 Å². The summed E-state index contributed by atoms with van der Waals surface area (Å²) in [6.45, 7) is 3.50. The number of rotatable bonds is 3. The van der Waals surface area contributed by atoms with E-state index in [2.05, 4.69) is 15.4 Å². The van der Waals surface area contributed by atoms with E-state index in [1.807, 2.05) is 31.2 Å². The molecule has 1 N–H and O–H groups in total. The van der Waals surface area contributed by atoms with Crippen LogP contribution in [-0.4, -0.2) is 27.0 Å². The highest BCUT2D eigenvalue weighted by molar-refractivity contribution is 6.08. The number of hydrogen-bond donors (Lipinski definition) is 1. The van der Waals surface area contributed by atoms with E-state index in [0.29, 0.717) is 34.4 Å². The lowest BCUT2D eigenvalue weighted by atomic mass is 10.1. The summed E-state index contributed by atoms with van der Waals surface area (Å²) in [6.07, 6.45) is -5.68. The molecule has 0 aliphatic carbocycles. The van der Waals surface area contributed by atoms with Crippen LogP contribution in [0.3, 0.4) is 0 Å². The second kappa shape index (κ2) is 7.54. The summed E-state index contributed by atoms with van der Waals surface area (Å²) in [6, 6.07) is 10.4. The van der Waals surface area contributed by atoms with E-state index in [4.69, 9.17) is 0 Å². The summed E-state index contributed by atoms with van der Waals surface area (Å²) in [7, 11) is 0. The number of para-hydroxylation sites is 1. The third kappa shape index (κ3) is 3.55. The quantitative estimate of drug-likeness (QED) is 0.414. The molecule has 2 aromatic heterocycles. The maximum atomic E-state index is 13.4. The number of carbonyl (C=O) groups is 1. The van der Waals surface area contributed by atoms with Crippen LogP contribution in [0, 0.1) is 13.8 Å². The first kappa shape index (κ1) is 21.7. The highest BCUT2D eigenvalue weighted by Crippen LogP contribution is 2.43. The fraction of sp³-hybridized carbons (Fsp3) is 0.227. The Kier molecular flexibility index (Phi) is 5.10. The first-order valence-corrected chi connectivity index (χ1v) is 9.57. The van der Waals surface area contributed by atoms with Crippen molar-refractivity contribution in [2.24, 2.45) is 0 Å². The molecule has 0 unspecified atom stereocenters. The Balaban J connectivity index is 1.61. The molecular weight excluding hydrogens is 431 g/mol. The van der Waals surface area contributed by atoms with Gasteiger partial charge < -0.3 is 5.32 Å². The van der Waals surface area contributed by atoms with Gasteiger partial charge in [0.15, 0.2) is 0 Å². The molecule has 4 rings (SSSR count). The average Bonchev–Trinajstić information content (AvgIpc) is 3.10. The van der Waals surface area contributed by atoms with Gasteiger partial charge in [-0.3, -0.25) is 4.98 Å². The number of benzene rings is 2. The second-order valence-corrected chi connectivity index (χ2v) is 7.36. The molecule has 0 saturated heterocycles. The number of hydrogen-bond acceptors (Lipinski definition) is 3. The Hall–Kier alpha value is -3.56. The smallest absolute Gasteiger partial charge is 0.332 e. The summed E-state index contributed by atoms with van der Waals surface area (Å²) >= 11 is 0. The predicted molar refractivity (Wildman–Crippen MR) is 109 cm³/mol.